The molecule has 0 bridgehead atoms. The molecule has 2 aromatic rings. The number of nitrogens with zero attached hydrogens (tertiary/aromatic N) is 2. The van der Waals surface area contributed by atoms with Crippen LogP contribution >= 0.6 is 11.6 Å². The molecular weight excluding hydrogens is 236 g/mol. The second-order valence-corrected chi connectivity index (χ2v) is 4.46. The summed E-state index contributed by atoms with van der Waals surface area (Å²) in [6.45, 7) is 5.75. The molecule has 0 atom stereocenters. The largest absolute Gasteiger partial charge is 0.278 e. The minimum Gasteiger partial charge on any atom is -0.267 e. The van der Waals surface area contributed by atoms with Gasteiger partial charge in [-0.3, -0.25) is 4.79 Å². The fourth-order valence-electron chi connectivity index (χ4n) is 1.63. The van der Waals surface area contributed by atoms with Crippen LogP contribution in [0.5, 0.6) is 0 Å². The minimum absolute atomic E-state index is 0.129. The third-order valence-corrected chi connectivity index (χ3v) is 3.19. The maximum atomic E-state index is 12.2. The Morgan fingerprint density at radius 2 is 1.76 bits per heavy atom. The van der Waals surface area contributed by atoms with E-state index in [9.17, 15) is 4.79 Å². The van der Waals surface area contributed by atoms with Gasteiger partial charge in [0.05, 0.1) is 5.69 Å². The molecule has 0 N–H and O–H groups in total. The molecule has 17 heavy (non-hydrogen) atoms. The van der Waals surface area contributed by atoms with Gasteiger partial charge >= 0.3 is 0 Å². The molecule has 0 unspecified atom stereocenters. The molecule has 1 heterocycles. The number of halogens is 1. The highest BCUT2D eigenvalue weighted by molar-refractivity contribution is 6.30. The van der Waals surface area contributed by atoms with Gasteiger partial charge in [-0.05, 0) is 50.6 Å². The van der Waals surface area contributed by atoms with E-state index in [0.29, 0.717) is 10.6 Å². The predicted molar refractivity (Wildman–Crippen MR) is 67.6 cm³/mol. The van der Waals surface area contributed by atoms with Crippen LogP contribution in [-0.4, -0.2) is 15.7 Å². The van der Waals surface area contributed by atoms with E-state index < -0.39 is 0 Å². The quantitative estimate of drug-likeness (QED) is 0.777. The summed E-state index contributed by atoms with van der Waals surface area (Å²) in [6.07, 6.45) is 0. The van der Waals surface area contributed by atoms with E-state index >= 15 is 0 Å². The lowest BCUT2D eigenvalue weighted by Gasteiger charge is -2.03. The molecule has 0 fully saturated rings. The maximum Gasteiger partial charge on any atom is 0.278 e. The van der Waals surface area contributed by atoms with Gasteiger partial charge in [-0.25, -0.2) is 4.68 Å². The van der Waals surface area contributed by atoms with Crippen LogP contribution in [0, 0.1) is 20.8 Å². The Morgan fingerprint density at radius 1 is 1.18 bits per heavy atom. The average molecular weight is 249 g/mol. The first kappa shape index (κ1) is 11.9. The summed E-state index contributed by atoms with van der Waals surface area (Å²) in [4.78, 5) is 12.2. The lowest BCUT2D eigenvalue weighted by Crippen LogP contribution is -2.15. The van der Waals surface area contributed by atoms with E-state index in [1.807, 2.05) is 20.8 Å². The molecule has 0 aliphatic heterocycles. The van der Waals surface area contributed by atoms with Crippen molar-refractivity contribution in [3.8, 4) is 0 Å². The second kappa shape index (κ2) is 4.34. The second-order valence-electron chi connectivity index (χ2n) is 4.02. The SMILES string of the molecule is Cc1nn(C(=O)c2ccc(Cl)cc2)c(C)c1C. The van der Waals surface area contributed by atoms with Crippen LogP contribution in [0.2, 0.25) is 5.02 Å². The number of carbonyl (C=O) groups excluding carboxylic acids is 1. The van der Waals surface area contributed by atoms with E-state index in [1.54, 1.807) is 24.3 Å². The number of carbonyl (C=O) groups is 1. The summed E-state index contributed by atoms with van der Waals surface area (Å²) >= 11 is 5.79. The summed E-state index contributed by atoms with van der Waals surface area (Å²) in [7, 11) is 0. The van der Waals surface area contributed by atoms with Crippen LogP contribution in [-0.2, 0) is 0 Å². The third-order valence-electron chi connectivity index (χ3n) is 2.94. The summed E-state index contributed by atoms with van der Waals surface area (Å²) in [5.41, 5.74) is 3.39. The molecule has 0 amide bonds. The highest BCUT2D eigenvalue weighted by Crippen LogP contribution is 2.15. The lowest BCUT2D eigenvalue weighted by atomic mass is 10.2. The smallest absolute Gasteiger partial charge is 0.267 e. The lowest BCUT2D eigenvalue weighted by molar-refractivity contribution is 0.0942. The van der Waals surface area contributed by atoms with Gasteiger partial charge in [0.15, 0.2) is 0 Å². The molecule has 3 nitrogen and oxygen atoms in total. The number of hydrogen-bond acceptors (Lipinski definition) is 2. The fourth-order valence-corrected chi connectivity index (χ4v) is 1.76. The molecule has 0 saturated carbocycles. The number of aryl methyl sites for hydroxylation is 1. The first-order chi connectivity index (χ1) is 8.00. The first-order valence-corrected chi connectivity index (χ1v) is 5.71. The van der Waals surface area contributed by atoms with Crippen LogP contribution < -0.4 is 0 Å². The summed E-state index contributed by atoms with van der Waals surface area (Å²) in [6, 6.07) is 6.81. The van der Waals surface area contributed by atoms with Crippen molar-refractivity contribution in [2.45, 2.75) is 20.8 Å². The zero-order valence-corrected chi connectivity index (χ0v) is 10.7. The Bertz CT molecular complexity index is 570. The van der Waals surface area contributed by atoms with Crippen molar-refractivity contribution in [1.82, 2.24) is 9.78 Å². The van der Waals surface area contributed by atoms with E-state index in [1.165, 1.54) is 4.68 Å². The van der Waals surface area contributed by atoms with Crippen molar-refractivity contribution in [1.29, 1.82) is 0 Å². The maximum absolute atomic E-state index is 12.2. The molecule has 0 aliphatic rings. The Labute approximate surface area is 105 Å². The van der Waals surface area contributed by atoms with Gasteiger partial charge in [0.25, 0.3) is 5.91 Å². The molecular formula is C13H13ClN2O. The Balaban J connectivity index is 2.44. The number of rotatable bonds is 1. The Kier molecular flexibility index (Phi) is 3.03. The molecule has 2 rings (SSSR count). The Morgan fingerprint density at radius 3 is 2.24 bits per heavy atom. The topological polar surface area (TPSA) is 34.9 Å². The van der Waals surface area contributed by atoms with Gasteiger partial charge in [0.1, 0.15) is 0 Å². The fraction of sp³-hybridized carbons (Fsp3) is 0.231. The molecule has 0 aliphatic carbocycles. The van der Waals surface area contributed by atoms with Crippen LogP contribution in [0.25, 0.3) is 0 Å². The summed E-state index contributed by atoms with van der Waals surface area (Å²) in [5.74, 6) is -0.129. The molecule has 1 aromatic heterocycles. The van der Waals surface area contributed by atoms with Crippen molar-refractivity contribution in [3.63, 3.8) is 0 Å². The van der Waals surface area contributed by atoms with Crippen molar-refractivity contribution in [2.24, 2.45) is 0 Å². The number of aromatic nitrogens is 2. The molecule has 1 aromatic carbocycles. The van der Waals surface area contributed by atoms with Crippen LogP contribution in [0.15, 0.2) is 24.3 Å². The zero-order chi connectivity index (χ0) is 12.6. The molecule has 88 valence electrons. The van der Waals surface area contributed by atoms with Gasteiger partial charge in [-0.1, -0.05) is 11.6 Å². The molecule has 0 radical (unpaired) electrons. The summed E-state index contributed by atoms with van der Waals surface area (Å²) < 4.78 is 1.44. The molecule has 4 heteroatoms. The van der Waals surface area contributed by atoms with Crippen LogP contribution in [0.1, 0.15) is 27.3 Å². The number of benzene rings is 1. The van der Waals surface area contributed by atoms with Crippen molar-refractivity contribution >= 4 is 17.5 Å². The minimum atomic E-state index is -0.129. The van der Waals surface area contributed by atoms with E-state index in [2.05, 4.69) is 5.10 Å². The van der Waals surface area contributed by atoms with Gasteiger partial charge in [-0.15, -0.1) is 0 Å². The van der Waals surface area contributed by atoms with E-state index in [4.69, 9.17) is 11.6 Å². The number of hydrogen-bond donors (Lipinski definition) is 0. The van der Waals surface area contributed by atoms with Gasteiger partial charge in [0.2, 0.25) is 0 Å². The van der Waals surface area contributed by atoms with Gasteiger partial charge < -0.3 is 0 Å². The van der Waals surface area contributed by atoms with Crippen LogP contribution in [0.4, 0.5) is 0 Å². The van der Waals surface area contributed by atoms with Crippen molar-refractivity contribution < 1.29 is 4.79 Å². The van der Waals surface area contributed by atoms with Crippen molar-refractivity contribution in [2.75, 3.05) is 0 Å². The molecule has 0 saturated heterocycles. The normalized spacial score (nSPS) is 10.6. The average Bonchev–Trinajstić information content (AvgIpc) is 2.57. The van der Waals surface area contributed by atoms with Crippen molar-refractivity contribution in [3.05, 3.63) is 51.8 Å². The van der Waals surface area contributed by atoms with E-state index in [0.717, 1.165) is 17.0 Å². The van der Waals surface area contributed by atoms with Gasteiger partial charge in [0, 0.05) is 16.3 Å². The van der Waals surface area contributed by atoms with E-state index in [-0.39, 0.29) is 5.91 Å². The first-order valence-electron chi connectivity index (χ1n) is 5.34. The zero-order valence-electron chi connectivity index (χ0n) is 9.99. The standard InChI is InChI=1S/C13H13ClN2O/c1-8-9(2)15-16(10(8)3)13(17)11-4-6-12(14)7-5-11/h4-7H,1-3H3. The van der Waals surface area contributed by atoms with Crippen LogP contribution in [0.3, 0.4) is 0 Å². The van der Waals surface area contributed by atoms with Gasteiger partial charge in [-0.2, -0.15) is 5.10 Å². The highest BCUT2D eigenvalue weighted by atomic mass is 35.5. The summed E-state index contributed by atoms with van der Waals surface area (Å²) in [5, 5.41) is 4.86. The third kappa shape index (κ3) is 2.11. The molecule has 0 spiro atoms. The monoisotopic (exact) mass is 248 g/mol. The Hall–Kier alpha value is -1.61. The predicted octanol–water partition coefficient (Wildman–Crippen LogP) is 3.15. The highest BCUT2D eigenvalue weighted by Gasteiger charge is 2.15.